The number of carbonyl (C=O) groups excluding carboxylic acids is 3. The smallest absolute Gasteiger partial charge is 0.548 e. The SMILES string of the molecule is CC1(C)SC2C(NC(=O)C(NC3CCCO3)c3ccc(O)cc3)C(=O)N2C1C(=O)[O-].[Na+]. The summed E-state index contributed by atoms with van der Waals surface area (Å²) in [4.78, 5) is 38.6. The van der Waals surface area contributed by atoms with E-state index in [1.165, 1.54) is 28.8 Å². The van der Waals surface area contributed by atoms with E-state index >= 15 is 0 Å². The Morgan fingerprint density at radius 3 is 2.58 bits per heavy atom. The predicted molar refractivity (Wildman–Crippen MR) is 106 cm³/mol. The van der Waals surface area contributed by atoms with Crippen molar-refractivity contribution in [2.75, 3.05) is 6.61 Å². The zero-order valence-electron chi connectivity index (χ0n) is 17.7. The van der Waals surface area contributed by atoms with Crippen molar-refractivity contribution < 1.29 is 58.9 Å². The zero-order valence-corrected chi connectivity index (χ0v) is 20.5. The Morgan fingerprint density at radius 1 is 1.32 bits per heavy atom. The molecule has 3 N–H and O–H groups in total. The number of hydrogen-bond donors (Lipinski definition) is 3. The molecular weight excluding hydrogens is 433 g/mol. The first-order chi connectivity index (χ1) is 14.2. The van der Waals surface area contributed by atoms with Crippen LogP contribution in [0.3, 0.4) is 0 Å². The number of fused-ring (bicyclic) bond motifs is 1. The molecule has 3 fully saturated rings. The molecule has 1 aromatic carbocycles. The van der Waals surface area contributed by atoms with E-state index in [-0.39, 0.29) is 41.5 Å². The molecule has 3 aliphatic heterocycles. The van der Waals surface area contributed by atoms with Crippen LogP contribution in [0.5, 0.6) is 5.75 Å². The number of benzene rings is 1. The van der Waals surface area contributed by atoms with Crippen LogP contribution >= 0.6 is 11.8 Å². The van der Waals surface area contributed by atoms with Gasteiger partial charge in [0, 0.05) is 11.4 Å². The van der Waals surface area contributed by atoms with Gasteiger partial charge in [0.1, 0.15) is 29.4 Å². The third kappa shape index (κ3) is 4.60. The fourth-order valence-corrected chi connectivity index (χ4v) is 5.87. The van der Waals surface area contributed by atoms with E-state index in [1.807, 2.05) is 0 Å². The van der Waals surface area contributed by atoms with Crippen LogP contribution in [-0.2, 0) is 19.1 Å². The van der Waals surface area contributed by atoms with Crippen LogP contribution in [0.2, 0.25) is 0 Å². The molecule has 0 bridgehead atoms. The number of aromatic hydroxyl groups is 1. The molecule has 11 heteroatoms. The summed E-state index contributed by atoms with van der Waals surface area (Å²) in [5.41, 5.74) is 0.622. The van der Waals surface area contributed by atoms with E-state index in [1.54, 1.807) is 26.0 Å². The second kappa shape index (κ2) is 9.29. The summed E-state index contributed by atoms with van der Waals surface area (Å²) in [6, 6.07) is 3.62. The normalized spacial score (nSPS) is 29.5. The summed E-state index contributed by atoms with van der Waals surface area (Å²) >= 11 is 1.34. The van der Waals surface area contributed by atoms with Gasteiger partial charge in [0.25, 0.3) is 0 Å². The van der Waals surface area contributed by atoms with Crippen molar-refractivity contribution >= 4 is 29.5 Å². The molecule has 0 aliphatic carbocycles. The summed E-state index contributed by atoms with van der Waals surface area (Å²) in [7, 11) is 0. The number of nitrogens with one attached hydrogen (secondary N) is 2. The number of β-lactam (4-membered cyclic amide) rings is 1. The number of thioether (sulfide) groups is 1. The van der Waals surface area contributed by atoms with Crippen LogP contribution in [0.4, 0.5) is 0 Å². The molecular formula is C20H24N3NaO6S. The van der Waals surface area contributed by atoms with Crippen LogP contribution in [0.25, 0.3) is 0 Å². The number of phenols is 1. The van der Waals surface area contributed by atoms with Crippen molar-refractivity contribution in [3.8, 4) is 5.75 Å². The third-order valence-corrected chi connectivity index (χ3v) is 7.30. The number of nitrogens with zero attached hydrogens (tertiary/aromatic N) is 1. The quantitative estimate of drug-likeness (QED) is 0.296. The second-order valence-corrected chi connectivity index (χ2v) is 10.0. The number of carboxylic acid groups (broad SMARTS) is 1. The number of ether oxygens (including phenoxy) is 1. The van der Waals surface area contributed by atoms with Gasteiger partial charge in [0.05, 0.1) is 12.0 Å². The van der Waals surface area contributed by atoms with Crippen molar-refractivity contribution in [1.29, 1.82) is 0 Å². The Morgan fingerprint density at radius 2 is 2.00 bits per heavy atom. The van der Waals surface area contributed by atoms with Gasteiger partial charge in [0.2, 0.25) is 11.8 Å². The standard InChI is InChI=1S/C20H25N3O6S.Na/c1-20(2)15(19(27)28)23-17(26)14(18(23)30-20)22-16(25)13(21-12-4-3-9-29-12)10-5-7-11(24)8-6-10;/h5-8,12-15,18,21,24H,3-4,9H2,1-2H3,(H,22,25)(H,27,28);/q;+1/p-1. The molecule has 5 unspecified atom stereocenters. The average Bonchev–Trinajstić information content (AvgIpc) is 3.28. The molecule has 0 spiro atoms. The van der Waals surface area contributed by atoms with Crippen LogP contribution in [0, 0.1) is 0 Å². The Kier molecular flexibility index (Phi) is 7.29. The summed E-state index contributed by atoms with van der Waals surface area (Å²) in [6.07, 6.45) is 1.36. The molecule has 0 radical (unpaired) electrons. The number of rotatable bonds is 6. The summed E-state index contributed by atoms with van der Waals surface area (Å²) in [5.74, 6) is -2.06. The van der Waals surface area contributed by atoms with Gasteiger partial charge in [-0.15, -0.1) is 11.8 Å². The van der Waals surface area contributed by atoms with Gasteiger partial charge in [-0.3, -0.25) is 14.9 Å². The minimum Gasteiger partial charge on any atom is -0.548 e. The largest absolute Gasteiger partial charge is 1.00 e. The van der Waals surface area contributed by atoms with Gasteiger partial charge < -0.3 is 30.0 Å². The van der Waals surface area contributed by atoms with Crippen molar-refractivity contribution in [2.45, 2.75) is 61.2 Å². The number of amides is 2. The molecule has 3 heterocycles. The number of carboxylic acids is 1. The third-order valence-electron chi connectivity index (χ3n) is 5.73. The minimum absolute atomic E-state index is 0. The molecule has 9 nitrogen and oxygen atoms in total. The number of aliphatic carboxylic acids is 1. The summed E-state index contributed by atoms with van der Waals surface area (Å²) < 4.78 is 4.87. The molecule has 162 valence electrons. The molecule has 1 aromatic rings. The number of carbonyl (C=O) groups is 3. The van der Waals surface area contributed by atoms with Crippen LogP contribution in [0.15, 0.2) is 24.3 Å². The maximum absolute atomic E-state index is 13.1. The first-order valence-corrected chi connectivity index (χ1v) is 10.7. The predicted octanol–water partition coefficient (Wildman–Crippen LogP) is -3.54. The van der Waals surface area contributed by atoms with Crippen molar-refractivity contribution in [1.82, 2.24) is 15.5 Å². The van der Waals surface area contributed by atoms with Gasteiger partial charge in [-0.1, -0.05) is 12.1 Å². The molecule has 2 amide bonds. The molecule has 0 aromatic heterocycles. The van der Waals surface area contributed by atoms with Gasteiger partial charge in [0.15, 0.2) is 0 Å². The maximum atomic E-state index is 13.1. The maximum Gasteiger partial charge on any atom is 1.00 e. The van der Waals surface area contributed by atoms with E-state index in [9.17, 15) is 24.6 Å². The van der Waals surface area contributed by atoms with Crippen LogP contribution in [-0.4, -0.2) is 62.8 Å². The molecule has 31 heavy (non-hydrogen) atoms. The van der Waals surface area contributed by atoms with E-state index in [0.29, 0.717) is 12.2 Å². The fraction of sp³-hybridized carbons (Fsp3) is 0.550. The Bertz CT molecular complexity index is 861. The molecule has 4 rings (SSSR count). The fourth-order valence-electron chi connectivity index (χ4n) is 4.25. The first-order valence-electron chi connectivity index (χ1n) is 9.87. The minimum atomic E-state index is -1.30. The number of hydrogen-bond acceptors (Lipinski definition) is 8. The summed E-state index contributed by atoms with van der Waals surface area (Å²) in [6.45, 7) is 4.11. The molecule has 0 saturated carbocycles. The van der Waals surface area contributed by atoms with Crippen molar-refractivity contribution in [2.24, 2.45) is 0 Å². The van der Waals surface area contributed by atoms with E-state index in [2.05, 4.69) is 10.6 Å². The van der Waals surface area contributed by atoms with E-state index in [0.717, 1.165) is 12.8 Å². The van der Waals surface area contributed by atoms with Gasteiger partial charge >= 0.3 is 29.6 Å². The Hall–Kier alpha value is -1.30. The monoisotopic (exact) mass is 457 g/mol. The summed E-state index contributed by atoms with van der Waals surface area (Å²) in [5, 5.41) is 26.6. The van der Waals surface area contributed by atoms with Crippen molar-refractivity contribution in [3.63, 3.8) is 0 Å². The van der Waals surface area contributed by atoms with Crippen LogP contribution < -0.4 is 45.3 Å². The average molecular weight is 457 g/mol. The Balaban J connectivity index is 0.00000272. The molecule has 3 saturated heterocycles. The topological polar surface area (TPSA) is 131 Å². The second-order valence-electron chi connectivity index (χ2n) is 8.26. The zero-order chi connectivity index (χ0) is 21.6. The van der Waals surface area contributed by atoms with Gasteiger partial charge in [-0.2, -0.15) is 0 Å². The van der Waals surface area contributed by atoms with Gasteiger partial charge in [-0.25, -0.2) is 0 Å². The van der Waals surface area contributed by atoms with Crippen molar-refractivity contribution in [3.05, 3.63) is 29.8 Å². The van der Waals surface area contributed by atoms with Crippen LogP contribution in [0.1, 0.15) is 38.3 Å². The van der Waals surface area contributed by atoms with E-state index in [4.69, 9.17) is 4.74 Å². The number of phenolic OH excluding ortho intramolecular Hbond substituents is 1. The van der Waals surface area contributed by atoms with Gasteiger partial charge in [-0.05, 0) is 44.4 Å². The Labute approximate surface area is 206 Å². The molecule has 3 aliphatic rings. The molecule has 5 atom stereocenters. The first kappa shape index (κ1) is 24.3. The van der Waals surface area contributed by atoms with E-state index < -0.39 is 46.0 Å².